The van der Waals surface area contributed by atoms with Crippen LogP contribution in [-0.4, -0.2) is 46.4 Å². The van der Waals surface area contributed by atoms with Crippen molar-refractivity contribution in [2.75, 3.05) is 25.0 Å². The van der Waals surface area contributed by atoms with Crippen molar-refractivity contribution < 1.29 is 9.59 Å². The summed E-state index contributed by atoms with van der Waals surface area (Å²) in [5.41, 5.74) is 2.32. The number of aromatic nitrogens is 1. The molecule has 2 heterocycles. The number of urea groups is 1. The Balaban J connectivity index is 1.72. The molecule has 2 aromatic rings. The number of rotatable bonds is 5. The maximum Gasteiger partial charge on any atom is 0.322 e. The van der Waals surface area contributed by atoms with Crippen molar-refractivity contribution in [3.8, 4) is 0 Å². The highest BCUT2D eigenvalue weighted by atomic mass is 16.2. The summed E-state index contributed by atoms with van der Waals surface area (Å²) in [6.07, 6.45) is 5.43. The monoisotopic (exact) mass is 366 g/mol. The zero-order chi connectivity index (χ0) is 19.2. The quantitative estimate of drug-likeness (QED) is 0.872. The zero-order valence-corrected chi connectivity index (χ0v) is 15.9. The molecule has 0 saturated carbocycles. The van der Waals surface area contributed by atoms with Gasteiger partial charge in [0.1, 0.15) is 0 Å². The van der Waals surface area contributed by atoms with Crippen molar-refractivity contribution in [3.05, 3.63) is 59.9 Å². The molecule has 1 N–H and O–H groups in total. The molecule has 1 aliphatic rings. The van der Waals surface area contributed by atoms with Crippen LogP contribution in [0.1, 0.15) is 48.7 Å². The summed E-state index contributed by atoms with van der Waals surface area (Å²) >= 11 is 0. The first-order valence-corrected chi connectivity index (χ1v) is 9.51. The van der Waals surface area contributed by atoms with Crippen molar-refractivity contribution in [3.63, 3.8) is 0 Å². The number of anilines is 1. The Hall–Kier alpha value is -2.89. The third kappa shape index (κ3) is 4.27. The summed E-state index contributed by atoms with van der Waals surface area (Å²) in [5, 5.41) is 2.95. The first-order valence-electron chi connectivity index (χ1n) is 9.51. The predicted octanol–water partition coefficient (Wildman–Crippen LogP) is 3.93. The molecule has 27 heavy (non-hydrogen) atoms. The van der Waals surface area contributed by atoms with Gasteiger partial charge in [0.05, 0.1) is 6.04 Å². The fourth-order valence-corrected chi connectivity index (χ4v) is 3.56. The lowest BCUT2D eigenvalue weighted by molar-refractivity contribution is 0.0773. The van der Waals surface area contributed by atoms with Gasteiger partial charge in [-0.15, -0.1) is 0 Å². The Bertz CT molecular complexity index is 790. The second-order valence-electron chi connectivity index (χ2n) is 6.62. The standard InChI is InChI=1S/C21H26N4O2/c1-3-24(4-2)20(26)17-7-5-8-18(15-17)23-21(27)25-14-6-9-19(25)16-10-12-22-13-11-16/h5,7-8,10-13,15,19H,3-4,6,9,14H2,1-2H3,(H,23,27). The van der Waals surface area contributed by atoms with Crippen LogP contribution in [0.25, 0.3) is 0 Å². The Morgan fingerprint density at radius 2 is 1.93 bits per heavy atom. The van der Waals surface area contributed by atoms with Crippen molar-refractivity contribution in [2.45, 2.75) is 32.7 Å². The summed E-state index contributed by atoms with van der Waals surface area (Å²) in [6.45, 7) is 5.96. The summed E-state index contributed by atoms with van der Waals surface area (Å²) < 4.78 is 0. The number of likely N-dealkylation sites (tertiary alicyclic amines) is 1. The lowest BCUT2D eigenvalue weighted by Gasteiger charge is -2.25. The molecule has 1 aliphatic heterocycles. The van der Waals surface area contributed by atoms with Gasteiger partial charge in [-0.1, -0.05) is 6.07 Å². The average Bonchev–Trinajstić information content (AvgIpc) is 3.20. The highest BCUT2D eigenvalue weighted by Crippen LogP contribution is 2.32. The van der Waals surface area contributed by atoms with Crippen molar-refractivity contribution in [2.24, 2.45) is 0 Å². The van der Waals surface area contributed by atoms with E-state index in [4.69, 9.17) is 0 Å². The van der Waals surface area contributed by atoms with Gasteiger partial charge in [-0.25, -0.2) is 4.79 Å². The number of nitrogens with one attached hydrogen (secondary N) is 1. The van der Waals surface area contributed by atoms with Crippen LogP contribution < -0.4 is 5.32 Å². The number of pyridine rings is 1. The Morgan fingerprint density at radius 3 is 2.63 bits per heavy atom. The van der Waals surface area contributed by atoms with Crippen LogP contribution in [0.4, 0.5) is 10.5 Å². The van der Waals surface area contributed by atoms with E-state index < -0.39 is 0 Å². The molecule has 0 aliphatic carbocycles. The molecule has 0 radical (unpaired) electrons. The number of hydrogen-bond acceptors (Lipinski definition) is 3. The number of amides is 3. The van der Waals surface area contributed by atoms with E-state index in [1.54, 1.807) is 35.5 Å². The lowest BCUT2D eigenvalue weighted by atomic mass is 10.1. The molecular formula is C21H26N4O2. The molecule has 0 bridgehead atoms. The number of carbonyl (C=O) groups is 2. The van der Waals surface area contributed by atoms with Crippen molar-refractivity contribution in [1.29, 1.82) is 0 Å². The van der Waals surface area contributed by atoms with Crippen LogP contribution in [0, 0.1) is 0 Å². The summed E-state index contributed by atoms with van der Waals surface area (Å²) in [7, 11) is 0. The summed E-state index contributed by atoms with van der Waals surface area (Å²) in [6, 6.07) is 11.0. The molecular weight excluding hydrogens is 340 g/mol. The topological polar surface area (TPSA) is 65.5 Å². The Kier molecular flexibility index (Phi) is 6.06. The minimum Gasteiger partial charge on any atom is -0.339 e. The largest absolute Gasteiger partial charge is 0.339 e. The number of benzene rings is 1. The molecule has 3 rings (SSSR count). The highest BCUT2D eigenvalue weighted by Gasteiger charge is 2.30. The molecule has 3 amide bonds. The van der Waals surface area contributed by atoms with Gasteiger partial charge in [-0.05, 0) is 62.6 Å². The first kappa shape index (κ1) is 18.9. The van der Waals surface area contributed by atoms with Crippen LogP contribution in [-0.2, 0) is 0 Å². The summed E-state index contributed by atoms with van der Waals surface area (Å²) in [5.74, 6) is -0.0214. The van der Waals surface area contributed by atoms with Gasteiger partial charge in [-0.3, -0.25) is 9.78 Å². The van der Waals surface area contributed by atoms with E-state index in [1.807, 2.05) is 36.9 Å². The Morgan fingerprint density at radius 1 is 1.19 bits per heavy atom. The number of carbonyl (C=O) groups excluding carboxylic acids is 2. The molecule has 1 unspecified atom stereocenters. The van der Waals surface area contributed by atoms with Gasteiger partial charge in [0.25, 0.3) is 5.91 Å². The number of hydrogen-bond donors (Lipinski definition) is 1. The minimum absolute atomic E-state index is 0.0214. The molecule has 1 saturated heterocycles. The van der Waals surface area contributed by atoms with E-state index in [0.717, 1.165) is 24.9 Å². The maximum atomic E-state index is 12.8. The van der Waals surface area contributed by atoms with E-state index in [-0.39, 0.29) is 18.0 Å². The van der Waals surface area contributed by atoms with Gasteiger partial charge >= 0.3 is 6.03 Å². The zero-order valence-electron chi connectivity index (χ0n) is 15.9. The minimum atomic E-state index is -0.137. The molecule has 6 heteroatoms. The van der Waals surface area contributed by atoms with E-state index >= 15 is 0 Å². The van der Waals surface area contributed by atoms with Crippen molar-refractivity contribution >= 4 is 17.6 Å². The van der Waals surface area contributed by atoms with E-state index in [2.05, 4.69) is 10.3 Å². The molecule has 142 valence electrons. The molecule has 1 aromatic heterocycles. The number of nitrogens with zero attached hydrogens (tertiary/aromatic N) is 3. The molecule has 1 fully saturated rings. The van der Waals surface area contributed by atoms with Gasteiger partial charge < -0.3 is 15.1 Å². The fourth-order valence-electron chi connectivity index (χ4n) is 3.56. The predicted molar refractivity (Wildman–Crippen MR) is 106 cm³/mol. The van der Waals surface area contributed by atoms with Crippen LogP contribution in [0.5, 0.6) is 0 Å². The first-order chi connectivity index (χ1) is 13.1. The van der Waals surface area contributed by atoms with E-state index in [0.29, 0.717) is 24.3 Å². The van der Waals surface area contributed by atoms with E-state index in [9.17, 15) is 9.59 Å². The Labute approximate surface area is 160 Å². The van der Waals surface area contributed by atoms with E-state index in [1.165, 1.54) is 0 Å². The highest BCUT2D eigenvalue weighted by molar-refractivity contribution is 5.97. The van der Waals surface area contributed by atoms with Crippen LogP contribution in [0.3, 0.4) is 0 Å². The van der Waals surface area contributed by atoms with Gasteiger partial charge in [-0.2, -0.15) is 0 Å². The van der Waals surface area contributed by atoms with Crippen LogP contribution >= 0.6 is 0 Å². The van der Waals surface area contributed by atoms with Crippen LogP contribution in [0.15, 0.2) is 48.8 Å². The molecule has 1 atom stereocenters. The molecule has 6 nitrogen and oxygen atoms in total. The third-order valence-electron chi connectivity index (χ3n) is 5.02. The SMILES string of the molecule is CCN(CC)C(=O)c1cccc(NC(=O)N2CCCC2c2ccncc2)c1. The smallest absolute Gasteiger partial charge is 0.322 e. The van der Waals surface area contributed by atoms with Crippen LogP contribution in [0.2, 0.25) is 0 Å². The molecule has 0 spiro atoms. The second kappa shape index (κ2) is 8.66. The fraction of sp³-hybridized carbons (Fsp3) is 0.381. The van der Waals surface area contributed by atoms with Crippen molar-refractivity contribution in [1.82, 2.24) is 14.8 Å². The van der Waals surface area contributed by atoms with Gasteiger partial charge in [0.15, 0.2) is 0 Å². The molecule has 1 aromatic carbocycles. The third-order valence-corrected chi connectivity index (χ3v) is 5.02. The average molecular weight is 366 g/mol. The lowest BCUT2D eigenvalue weighted by Crippen LogP contribution is -2.34. The normalized spacial score (nSPS) is 16.2. The summed E-state index contributed by atoms with van der Waals surface area (Å²) in [4.78, 5) is 33.0. The van der Waals surface area contributed by atoms with Gasteiger partial charge in [0, 0.05) is 43.3 Å². The maximum absolute atomic E-state index is 12.8. The van der Waals surface area contributed by atoms with Gasteiger partial charge in [0.2, 0.25) is 0 Å². The second-order valence-corrected chi connectivity index (χ2v) is 6.62.